The van der Waals surface area contributed by atoms with E-state index in [0.29, 0.717) is 10.0 Å². The van der Waals surface area contributed by atoms with Gasteiger partial charge in [0.05, 0.1) is 15.6 Å². The molecule has 0 radical (unpaired) electrons. The molecule has 4 aliphatic rings. The topological polar surface area (TPSA) is 53.6 Å². The second-order valence-electron chi connectivity index (χ2n) is 10.2. The number of aromatic amines is 1. The van der Waals surface area contributed by atoms with Gasteiger partial charge in [-0.05, 0) is 80.5 Å². The fourth-order valence-electron chi connectivity index (χ4n) is 7.14. The number of anilines is 2. The number of rotatable bonds is 3. The summed E-state index contributed by atoms with van der Waals surface area (Å²) < 4.78 is 0. The summed E-state index contributed by atoms with van der Waals surface area (Å²) in [5.74, 6) is 4.57. The minimum Gasteiger partial charge on any atom is -0.338 e. The Morgan fingerprint density at radius 2 is 1.59 bits per heavy atom. The van der Waals surface area contributed by atoms with E-state index in [1.54, 1.807) is 6.07 Å². The third-order valence-electron chi connectivity index (χ3n) is 8.05. The predicted molar refractivity (Wildman–Crippen MR) is 131 cm³/mol. The van der Waals surface area contributed by atoms with Crippen LogP contribution in [0, 0.1) is 17.8 Å². The fourth-order valence-corrected chi connectivity index (χ4v) is 7.44. The van der Waals surface area contributed by atoms with Crippen molar-refractivity contribution in [3.63, 3.8) is 0 Å². The highest BCUT2D eigenvalue weighted by Gasteiger charge is 2.53. The Bertz CT molecular complexity index is 1340. The Morgan fingerprint density at radius 1 is 0.875 bits per heavy atom. The largest absolute Gasteiger partial charge is 0.338 e. The van der Waals surface area contributed by atoms with E-state index in [2.05, 4.69) is 22.4 Å². The quantitative estimate of drug-likeness (QED) is 0.328. The second-order valence-corrected chi connectivity index (χ2v) is 11.1. The number of benzene rings is 2. The summed E-state index contributed by atoms with van der Waals surface area (Å²) in [4.78, 5) is 14.0. The molecule has 0 unspecified atom stereocenters. The molecule has 0 amide bonds. The van der Waals surface area contributed by atoms with Crippen LogP contribution in [0.2, 0.25) is 10.0 Å². The first-order valence-electron chi connectivity index (χ1n) is 11.6. The van der Waals surface area contributed by atoms with Gasteiger partial charge in [0.25, 0.3) is 0 Å². The van der Waals surface area contributed by atoms with Crippen LogP contribution >= 0.6 is 23.2 Å². The standard InChI is InChI=1S/C26H24Cl2N4/c27-19-6-5-17(10-20(19)28)29-24-23-22(18-3-1-2-4-21(18)30-24)31-25(32-23)26-11-14-7-15(12-26)9-16(8-14)13-26/h1-6,10,14-16H,7-9,11-13H2,(H,29,30)(H,31,32). The van der Waals surface area contributed by atoms with E-state index in [0.717, 1.165) is 51.2 Å². The zero-order valence-corrected chi connectivity index (χ0v) is 19.2. The van der Waals surface area contributed by atoms with Crippen molar-refractivity contribution >= 4 is 56.6 Å². The van der Waals surface area contributed by atoms with Crippen LogP contribution in [0.25, 0.3) is 21.9 Å². The lowest BCUT2D eigenvalue weighted by atomic mass is 9.49. The van der Waals surface area contributed by atoms with Gasteiger partial charge < -0.3 is 10.3 Å². The highest BCUT2D eigenvalue weighted by atomic mass is 35.5. The fraction of sp³-hybridized carbons (Fsp3) is 0.385. The lowest BCUT2D eigenvalue weighted by Gasteiger charge is -2.55. The average Bonchev–Trinajstić information content (AvgIpc) is 3.23. The van der Waals surface area contributed by atoms with Gasteiger partial charge in [-0.15, -0.1) is 0 Å². The summed E-state index contributed by atoms with van der Waals surface area (Å²) in [5.41, 5.74) is 3.97. The lowest BCUT2D eigenvalue weighted by molar-refractivity contribution is -0.00886. The van der Waals surface area contributed by atoms with Gasteiger partial charge in [0.15, 0.2) is 5.82 Å². The SMILES string of the molecule is Clc1ccc(Nc2nc3ccccc3c3nc(C45CC6CC(CC(C6)C4)C5)[nH]c23)cc1Cl. The molecule has 4 aliphatic carbocycles. The van der Waals surface area contributed by atoms with Crippen molar-refractivity contribution in [1.82, 2.24) is 15.0 Å². The van der Waals surface area contributed by atoms with E-state index in [1.807, 2.05) is 24.3 Å². The van der Waals surface area contributed by atoms with Crippen molar-refractivity contribution in [2.45, 2.75) is 43.9 Å². The monoisotopic (exact) mass is 462 g/mol. The Labute approximate surface area is 196 Å². The van der Waals surface area contributed by atoms with E-state index in [9.17, 15) is 0 Å². The zero-order valence-electron chi connectivity index (χ0n) is 17.7. The number of hydrogen-bond acceptors (Lipinski definition) is 3. The molecule has 6 heteroatoms. The number of hydrogen-bond donors (Lipinski definition) is 2. The maximum Gasteiger partial charge on any atom is 0.157 e. The van der Waals surface area contributed by atoms with Gasteiger partial charge in [-0.25, -0.2) is 9.97 Å². The molecule has 4 bridgehead atoms. The van der Waals surface area contributed by atoms with Crippen molar-refractivity contribution in [2.75, 3.05) is 5.32 Å². The summed E-state index contributed by atoms with van der Waals surface area (Å²) in [6.45, 7) is 0. The number of imidazole rings is 1. The van der Waals surface area contributed by atoms with E-state index in [-0.39, 0.29) is 5.41 Å². The van der Waals surface area contributed by atoms with Crippen molar-refractivity contribution < 1.29 is 0 Å². The number of aromatic nitrogens is 3. The van der Waals surface area contributed by atoms with E-state index in [4.69, 9.17) is 33.2 Å². The van der Waals surface area contributed by atoms with Crippen molar-refractivity contribution in [2.24, 2.45) is 17.8 Å². The molecular formula is C26H24Cl2N4. The number of nitrogens with zero attached hydrogens (tertiary/aromatic N) is 2. The van der Waals surface area contributed by atoms with Gasteiger partial charge in [0, 0.05) is 16.5 Å². The van der Waals surface area contributed by atoms with Gasteiger partial charge in [0.1, 0.15) is 16.9 Å². The average molecular weight is 463 g/mol. The van der Waals surface area contributed by atoms with Crippen molar-refractivity contribution in [3.05, 3.63) is 58.3 Å². The molecule has 0 atom stereocenters. The Hall–Kier alpha value is -2.30. The zero-order chi connectivity index (χ0) is 21.4. The molecule has 4 fully saturated rings. The van der Waals surface area contributed by atoms with Gasteiger partial charge in [0.2, 0.25) is 0 Å². The van der Waals surface area contributed by atoms with Crippen LogP contribution in [0.5, 0.6) is 0 Å². The lowest BCUT2D eigenvalue weighted by Crippen LogP contribution is -2.49. The van der Waals surface area contributed by atoms with E-state index in [1.165, 1.54) is 44.3 Å². The summed E-state index contributed by atoms with van der Waals surface area (Å²) in [6, 6.07) is 13.8. The summed E-state index contributed by atoms with van der Waals surface area (Å²) in [7, 11) is 0. The van der Waals surface area contributed by atoms with Crippen LogP contribution in [0.3, 0.4) is 0 Å². The van der Waals surface area contributed by atoms with Gasteiger partial charge in [-0.3, -0.25) is 0 Å². The van der Waals surface area contributed by atoms with E-state index >= 15 is 0 Å². The first kappa shape index (κ1) is 19.2. The Morgan fingerprint density at radius 3 is 2.31 bits per heavy atom. The summed E-state index contributed by atoms with van der Waals surface area (Å²) in [5, 5.41) is 5.62. The highest BCUT2D eigenvalue weighted by molar-refractivity contribution is 6.42. The number of H-pyrrole nitrogens is 1. The molecular weight excluding hydrogens is 439 g/mol. The maximum absolute atomic E-state index is 6.26. The highest BCUT2D eigenvalue weighted by Crippen LogP contribution is 2.60. The summed E-state index contributed by atoms with van der Waals surface area (Å²) >= 11 is 12.4. The first-order chi connectivity index (χ1) is 15.6. The van der Waals surface area contributed by atoms with Gasteiger partial charge in [-0.1, -0.05) is 41.4 Å². The minimum atomic E-state index is 0.204. The molecule has 32 heavy (non-hydrogen) atoms. The molecule has 0 aliphatic heterocycles. The molecule has 4 saturated carbocycles. The molecule has 0 saturated heterocycles. The number of fused-ring (bicyclic) bond motifs is 3. The molecule has 2 N–H and O–H groups in total. The van der Waals surface area contributed by atoms with Crippen molar-refractivity contribution in [1.29, 1.82) is 0 Å². The molecule has 8 rings (SSSR count). The molecule has 0 spiro atoms. The van der Waals surface area contributed by atoms with Crippen LogP contribution in [0.15, 0.2) is 42.5 Å². The normalized spacial score (nSPS) is 28.6. The van der Waals surface area contributed by atoms with Gasteiger partial charge in [-0.2, -0.15) is 0 Å². The number of para-hydroxylation sites is 1. The van der Waals surface area contributed by atoms with E-state index < -0.39 is 0 Å². The Kier molecular flexibility index (Phi) is 4.11. The number of pyridine rings is 1. The third kappa shape index (κ3) is 2.89. The first-order valence-corrected chi connectivity index (χ1v) is 12.3. The predicted octanol–water partition coefficient (Wildman–Crippen LogP) is 7.63. The molecule has 2 aromatic heterocycles. The molecule has 162 valence electrons. The molecule has 4 aromatic rings. The van der Waals surface area contributed by atoms with Gasteiger partial charge >= 0.3 is 0 Å². The van der Waals surface area contributed by atoms with Crippen LogP contribution in [0.1, 0.15) is 44.3 Å². The minimum absolute atomic E-state index is 0.204. The Balaban J connectivity index is 1.40. The third-order valence-corrected chi connectivity index (χ3v) is 8.79. The van der Waals surface area contributed by atoms with Crippen LogP contribution in [-0.2, 0) is 5.41 Å². The second kappa shape index (κ2) is 6.85. The molecule has 2 aromatic carbocycles. The van der Waals surface area contributed by atoms with Crippen LogP contribution in [0.4, 0.5) is 11.5 Å². The number of nitrogens with one attached hydrogen (secondary N) is 2. The molecule has 2 heterocycles. The smallest absolute Gasteiger partial charge is 0.157 e. The van der Waals surface area contributed by atoms with Crippen molar-refractivity contribution in [3.8, 4) is 0 Å². The van der Waals surface area contributed by atoms with Crippen LogP contribution < -0.4 is 5.32 Å². The molecule has 4 nitrogen and oxygen atoms in total. The maximum atomic E-state index is 6.26. The summed E-state index contributed by atoms with van der Waals surface area (Å²) in [6.07, 6.45) is 8.11. The number of halogens is 2. The van der Waals surface area contributed by atoms with Crippen LogP contribution in [-0.4, -0.2) is 15.0 Å².